The first-order valence-corrected chi connectivity index (χ1v) is 9.02. The van der Waals surface area contributed by atoms with Crippen LogP contribution in [0.2, 0.25) is 10.0 Å². The number of hydrogen-bond acceptors (Lipinski definition) is 3. The van der Waals surface area contributed by atoms with Gasteiger partial charge in [-0.3, -0.25) is 9.59 Å². The number of amides is 4. The van der Waals surface area contributed by atoms with Gasteiger partial charge in [0.05, 0.1) is 15.7 Å². The Kier molecular flexibility index (Phi) is 4.93. The third-order valence-electron chi connectivity index (χ3n) is 4.88. The van der Waals surface area contributed by atoms with Gasteiger partial charge in [0.15, 0.2) is 0 Å². The fourth-order valence-electron chi connectivity index (χ4n) is 3.44. The summed E-state index contributed by atoms with van der Waals surface area (Å²) in [7, 11) is 0. The standard InChI is InChI=1S/C17H19Cl2N3O3/c1-10(14(23)20-12-7-5-6-11(18)13(12)19)22-15(24)17(21-16(22)25)8-3-2-4-9-17/h5-7,10H,2-4,8-9H2,1H3,(H,20,23)(H,21,25). The molecule has 8 heteroatoms. The van der Waals surface area contributed by atoms with Crippen molar-refractivity contribution >= 4 is 46.7 Å². The van der Waals surface area contributed by atoms with E-state index in [1.165, 1.54) is 6.92 Å². The normalized spacial score (nSPS) is 20.5. The molecule has 2 N–H and O–H groups in total. The lowest BCUT2D eigenvalue weighted by molar-refractivity contribution is -0.137. The summed E-state index contributed by atoms with van der Waals surface area (Å²) in [5, 5.41) is 5.95. The number of urea groups is 1. The van der Waals surface area contributed by atoms with Gasteiger partial charge in [0.25, 0.3) is 5.91 Å². The van der Waals surface area contributed by atoms with Crippen LogP contribution in [0.1, 0.15) is 39.0 Å². The molecule has 1 unspecified atom stereocenters. The number of nitrogens with one attached hydrogen (secondary N) is 2. The van der Waals surface area contributed by atoms with Crippen molar-refractivity contribution in [1.82, 2.24) is 10.2 Å². The lowest BCUT2D eigenvalue weighted by Crippen LogP contribution is -2.50. The van der Waals surface area contributed by atoms with Crippen molar-refractivity contribution in [2.24, 2.45) is 0 Å². The maximum atomic E-state index is 12.8. The van der Waals surface area contributed by atoms with E-state index in [0.717, 1.165) is 24.2 Å². The summed E-state index contributed by atoms with van der Waals surface area (Å²) in [5.74, 6) is -0.822. The van der Waals surface area contributed by atoms with Gasteiger partial charge in [0.1, 0.15) is 11.6 Å². The van der Waals surface area contributed by atoms with Gasteiger partial charge in [-0.25, -0.2) is 9.69 Å². The van der Waals surface area contributed by atoms with Gasteiger partial charge in [0.2, 0.25) is 5.91 Å². The average molecular weight is 384 g/mol. The second kappa shape index (κ2) is 6.84. The zero-order valence-corrected chi connectivity index (χ0v) is 15.3. The first kappa shape index (κ1) is 18.0. The molecule has 0 aromatic heterocycles. The summed E-state index contributed by atoms with van der Waals surface area (Å²) in [6.07, 6.45) is 4.05. The topological polar surface area (TPSA) is 78.5 Å². The predicted molar refractivity (Wildman–Crippen MR) is 95.7 cm³/mol. The average Bonchev–Trinajstić information content (AvgIpc) is 2.82. The second-order valence-corrected chi connectivity index (χ2v) is 7.30. The van der Waals surface area contributed by atoms with Gasteiger partial charge >= 0.3 is 6.03 Å². The molecule has 134 valence electrons. The van der Waals surface area contributed by atoms with Crippen LogP contribution in [0.5, 0.6) is 0 Å². The molecule has 1 aromatic rings. The number of benzene rings is 1. The van der Waals surface area contributed by atoms with Gasteiger partial charge in [-0.15, -0.1) is 0 Å². The molecule has 2 fully saturated rings. The van der Waals surface area contributed by atoms with Crippen LogP contribution in [0.4, 0.5) is 10.5 Å². The summed E-state index contributed by atoms with van der Waals surface area (Å²) >= 11 is 12.0. The zero-order chi connectivity index (χ0) is 18.2. The van der Waals surface area contributed by atoms with Crippen molar-refractivity contribution in [1.29, 1.82) is 0 Å². The molecular formula is C17H19Cl2N3O3. The smallest absolute Gasteiger partial charge is 0.323 e. The Morgan fingerprint density at radius 1 is 1.24 bits per heavy atom. The summed E-state index contributed by atoms with van der Waals surface area (Å²) in [5.41, 5.74) is -0.511. The minimum atomic E-state index is -0.955. The molecule has 1 saturated heterocycles. The first-order chi connectivity index (χ1) is 11.9. The largest absolute Gasteiger partial charge is 0.325 e. The monoisotopic (exact) mass is 383 g/mol. The van der Waals surface area contributed by atoms with Crippen LogP contribution < -0.4 is 10.6 Å². The predicted octanol–water partition coefficient (Wildman–Crippen LogP) is 3.58. The van der Waals surface area contributed by atoms with Crippen LogP contribution in [-0.4, -0.2) is 34.3 Å². The number of carbonyl (C=O) groups excluding carboxylic acids is 3. The van der Waals surface area contributed by atoms with Gasteiger partial charge in [0, 0.05) is 0 Å². The molecule has 1 aromatic carbocycles. The number of carbonyl (C=O) groups is 3. The Morgan fingerprint density at radius 2 is 1.92 bits per heavy atom. The summed E-state index contributed by atoms with van der Waals surface area (Å²) < 4.78 is 0. The molecule has 1 spiro atoms. The van der Waals surface area contributed by atoms with E-state index >= 15 is 0 Å². The molecule has 1 aliphatic carbocycles. The number of halogens is 2. The van der Waals surface area contributed by atoms with Crippen LogP contribution in [-0.2, 0) is 9.59 Å². The van der Waals surface area contributed by atoms with E-state index in [-0.39, 0.29) is 10.9 Å². The van der Waals surface area contributed by atoms with Crippen LogP contribution in [0.3, 0.4) is 0 Å². The summed E-state index contributed by atoms with van der Waals surface area (Å²) in [4.78, 5) is 38.7. The highest BCUT2D eigenvalue weighted by Gasteiger charge is 2.53. The molecular weight excluding hydrogens is 365 g/mol. The third-order valence-corrected chi connectivity index (χ3v) is 5.70. The number of hydrogen-bond donors (Lipinski definition) is 2. The Labute approximate surface area is 155 Å². The van der Waals surface area contributed by atoms with Crippen LogP contribution in [0.15, 0.2) is 18.2 Å². The van der Waals surface area contributed by atoms with Gasteiger partial charge in [-0.05, 0) is 31.9 Å². The van der Waals surface area contributed by atoms with E-state index < -0.39 is 23.5 Å². The molecule has 1 saturated carbocycles. The SMILES string of the molecule is CC(C(=O)Nc1cccc(Cl)c1Cl)N1C(=O)NC2(CCCCC2)C1=O. The molecule has 1 atom stereocenters. The van der Waals surface area contributed by atoms with E-state index in [2.05, 4.69) is 10.6 Å². The van der Waals surface area contributed by atoms with Crippen molar-refractivity contribution < 1.29 is 14.4 Å². The van der Waals surface area contributed by atoms with Crippen molar-refractivity contribution in [3.63, 3.8) is 0 Å². The number of rotatable bonds is 3. The highest BCUT2D eigenvalue weighted by molar-refractivity contribution is 6.44. The fraction of sp³-hybridized carbons (Fsp3) is 0.471. The van der Waals surface area contributed by atoms with E-state index in [4.69, 9.17) is 23.2 Å². The highest BCUT2D eigenvalue weighted by Crippen LogP contribution is 2.35. The van der Waals surface area contributed by atoms with Crippen LogP contribution in [0, 0.1) is 0 Å². The third kappa shape index (κ3) is 3.20. The lowest BCUT2D eigenvalue weighted by Gasteiger charge is -2.31. The van der Waals surface area contributed by atoms with Gasteiger partial charge in [-0.1, -0.05) is 48.5 Å². The minimum Gasteiger partial charge on any atom is -0.323 e. The van der Waals surface area contributed by atoms with Crippen molar-refractivity contribution in [2.45, 2.75) is 50.6 Å². The second-order valence-electron chi connectivity index (χ2n) is 6.51. The Balaban J connectivity index is 1.77. The molecule has 2 aliphatic rings. The minimum absolute atomic E-state index is 0.214. The maximum Gasteiger partial charge on any atom is 0.325 e. The molecule has 3 rings (SSSR count). The Bertz CT molecular complexity index is 732. The number of anilines is 1. The maximum absolute atomic E-state index is 12.8. The van der Waals surface area contributed by atoms with Crippen molar-refractivity contribution in [2.75, 3.05) is 5.32 Å². The highest BCUT2D eigenvalue weighted by atomic mass is 35.5. The zero-order valence-electron chi connectivity index (χ0n) is 13.8. The molecule has 1 heterocycles. The van der Waals surface area contributed by atoms with Crippen molar-refractivity contribution in [3.8, 4) is 0 Å². The molecule has 0 radical (unpaired) electrons. The number of nitrogens with zero attached hydrogens (tertiary/aromatic N) is 1. The molecule has 0 bridgehead atoms. The van der Waals surface area contributed by atoms with Crippen molar-refractivity contribution in [3.05, 3.63) is 28.2 Å². The molecule has 1 aliphatic heterocycles. The quantitative estimate of drug-likeness (QED) is 0.782. The molecule has 6 nitrogen and oxygen atoms in total. The Hall–Kier alpha value is -1.79. The van der Waals surface area contributed by atoms with Crippen LogP contribution >= 0.6 is 23.2 Å². The number of imide groups is 1. The first-order valence-electron chi connectivity index (χ1n) is 8.26. The lowest BCUT2D eigenvalue weighted by atomic mass is 9.81. The Morgan fingerprint density at radius 3 is 2.60 bits per heavy atom. The van der Waals surface area contributed by atoms with E-state index in [1.807, 2.05) is 0 Å². The van der Waals surface area contributed by atoms with E-state index in [0.29, 0.717) is 23.6 Å². The summed E-state index contributed by atoms with van der Waals surface area (Å²) in [6, 6.07) is 3.38. The van der Waals surface area contributed by atoms with E-state index in [1.54, 1.807) is 18.2 Å². The van der Waals surface area contributed by atoms with Crippen LogP contribution in [0.25, 0.3) is 0 Å². The molecule has 25 heavy (non-hydrogen) atoms. The molecule has 4 amide bonds. The fourth-order valence-corrected chi connectivity index (χ4v) is 3.79. The van der Waals surface area contributed by atoms with E-state index in [9.17, 15) is 14.4 Å². The van der Waals surface area contributed by atoms with Gasteiger partial charge < -0.3 is 10.6 Å². The van der Waals surface area contributed by atoms with Gasteiger partial charge in [-0.2, -0.15) is 0 Å². The summed E-state index contributed by atoms with van der Waals surface area (Å²) in [6.45, 7) is 1.52.